The molecule has 2 rings (SSSR count). The van der Waals surface area contributed by atoms with Crippen molar-refractivity contribution in [2.75, 3.05) is 0 Å². The molecule has 0 bridgehead atoms. The summed E-state index contributed by atoms with van der Waals surface area (Å²) in [4.78, 5) is 0. The molecule has 0 amide bonds. The molecule has 1 atom stereocenters. The molecule has 92 valence electrons. The average Bonchev–Trinajstić information content (AvgIpc) is 2.57. The van der Waals surface area contributed by atoms with Crippen molar-refractivity contribution in [3.8, 4) is 0 Å². The lowest BCUT2D eigenvalue weighted by Gasteiger charge is -2.21. The van der Waals surface area contributed by atoms with Gasteiger partial charge in [0.05, 0.1) is 18.3 Å². The van der Waals surface area contributed by atoms with Crippen molar-refractivity contribution in [1.82, 2.24) is 0 Å². The summed E-state index contributed by atoms with van der Waals surface area (Å²) in [5.74, 6) is -0.287. The van der Waals surface area contributed by atoms with Crippen molar-refractivity contribution in [2.24, 2.45) is 0 Å². The molecule has 1 unspecified atom stereocenters. The minimum absolute atomic E-state index is 0.224. The maximum Gasteiger partial charge on any atom is 0.130 e. The van der Waals surface area contributed by atoms with E-state index < -0.39 is 5.60 Å². The van der Waals surface area contributed by atoms with E-state index in [9.17, 15) is 9.50 Å². The summed E-state index contributed by atoms with van der Waals surface area (Å²) in [7, 11) is 0. The minimum Gasteiger partial charge on any atom is -0.390 e. The summed E-state index contributed by atoms with van der Waals surface area (Å²) in [6, 6.07) is 3.26. The summed E-state index contributed by atoms with van der Waals surface area (Å²) >= 11 is 0. The maximum absolute atomic E-state index is 13.7. The average molecular weight is 236 g/mol. The van der Waals surface area contributed by atoms with Gasteiger partial charge in [-0.15, -0.1) is 0 Å². The van der Waals surface area contributed by atoms with Crippen LogP contribution in [0.1, 0.15) is 43.1 Å². The van der Waals surface area contributed by atoms with E-state index in [4.69, 9.17) is 4.74 Å². The van der Waals surface area contributed by atoms with Crippen LogP contribution in [0.5, 0.6) is 0 Å². The van der Waals surface area contributed by atoms with Crippen LogP contribution in [0.4, 0.5) is 4.39 Å². The number of fused-ring (bicyclic) bond motifs is 1. The summed E-state index contributed by atoms with van der Waals surface area (Å²) < 4.78 is 19.3. The molecule has 0 fully saturated rings. The standard InChI is InChI=1S/C14H17FO2/c1-4-9-5-10-8-17-13(7-14(2,3)16)11(10)6-12(9)15/h4-6,13,16H,1,7-8H2,2-3H3. The predicted octanol–water partition coefficient (Wildman–Crippen LogP) is 3.20. The van der Waals surface area contributed by atoms with Gasteiger partial charge < -0.3 is 9.84 Å². The molecule has 1 N–H and O–H groups in total. The van der Waals surface area contributed by atoms with E-state index >= 15 is 0 Å². The molecule has 1 aromatic rings. The van der Waals surface area contributed by atoms with Crippen LogP contribution < -0.4 is 0 Å². The zero-order valence-electron chi connectivity index (χ0n) is 10.2. The Hall–Kier alpha value is -1.19. The number of aliphatic hydroxyl groups is 1. The van der Waals surface area contributed by atoms with Crippen molar-refractivity contribution in [3.63, 3.8) is 0 Å². The lowest BCUT2D eigenvalue weighted by atomic mass is 9.94. The molecule has 0 aliphatic carbocycles. The fourth-order valence-electron chi connectivity index (χ4n) is 2.14. The van der Waals surface area contributed by atoms with E-state index in [0.717, 1.165) is 11.1 Å². The van der Waals surface area contributed by atoms with E-state index in [1.807, 2.05) is 0 Å². The number of halogens is 1. The van der Waals surface area contributed by atoms with E-state index in [0.29, 0.717) is 18.6 Å². The van der Waals surface area contributed by atoms with Crippen molar-refractivity contribution >= 4 is 6.08 Å². The van der Waals surface area contributed by atoms with Gasteiger partial charge in [-0.25, -0.2) is 4.39 Å². The van der Waals surface area contributed by atoms with Crippen LogP contribution in [0.2, 0.25) is 0 Å². The molecule has 0 saturated heterocycles. The SMILES string of the molecule is C=Cc1cc2c(cc1F)C(CC(C)(C)O)OC2. The van der Waals surface area contributed by atoms with Gasteiger partial charge >= 0.3 is 0 Å². The van der Waals surface area contributed by atoms with Gasteiger partial charge in [-0.2, -0.15) is 0 Å². The molecule has 2 nitrogen and oxygen atoms in total. The monoisotopic (exact) mass is 236 g/mol. The highest BCUT2D eigenvalue weighted by Gasteiger charge is 2.29. The van der Waals surface area contributed by atoms with Crippen molar-refractivity contribution in [1.29, 1.82) is 0 Å². The zero-order valence-corrected chi connectivity index (χ0v) is 10.2. The quantitative estimate of drug-likeness (QED) is 0.873. The second kappa shape index (κ2) is 4.24. The Kier molecular flexibility index (Phi) is 3.06. The van der Waals surface area contributed by atoms with E-state index in [2.05, 4.69) is 6.58 Å². The highest BCUT2D eigenvalue weighted by atomic mass is 19.1. The Balaban J connectivity index is 2.32. The first-order valence-corrected chi connectivity index (χ1v) is 5.69. The Morgan fingerprint density at radius 3 is 2.88 bits per heavy atom. The normalized spacial score (nSPS) is 19.2. The van der Waals surface area contributed by atoms with Crippen LogP contribution in [0.15, 0.2) is 18.7 Å². The van der Waals surface area contributed by atoms with E-state index in [1.165, 1.54) is 12.1 Å². The summed E-state index contributed by atoms with van der Waals surface area (Å²) in [5, 5.41) is 9.78. The number of ether oxygens (including phenoxy) is 1. The van der Waals surface area contributed by atoms with Gasteiger partial charge in [-0.05, 0) is 37.1 Å². The molecule has 1 aliphatic rings. The van der Waals surface area contributed by atoms with Crippen LogP contribution in [0.25, 0.3) is 6.08 Å². The second-order valence-electron chi connectivity index (χ2n) is 5.09. The van der Waals surface area contributed by atoms with Gasteiger partial charge in [-0.3, -0.25) is 0 Å². The molecule has 1 heterocycles. The first-order valence-electron chi connectivity index (χ1n) is 5.69. The first kappa shape index (κ1) is 12.3. The highest BCUT2D eigenvalue weighted by Crippen LogP contribution is 2.37. The van der Waals surface area contributed by atoms with Crippen molar-refractivity contribution in [3.05, 3.63) is 41.2 Å². The topological polar surface area (TPSA) is 29.5 Å². The lowest BCUT2D eigenvalue weighted by Crippen LogP contribution is -2.22. The van der Waals surface area contributed by atoms with Crippen LogP contribution in [0.3, 0.4) is 0 Å². The predicted molar refractivity (Wildman–Crippen MR) is 64.9 cm³/mol. The van der Waals surface area contributed by atoms with Gasteiger partial charge in [0.25, 0.3) is 0 Å². The molecule has 0 radical (unpaired) electrons. The fraction of sp³-hybridized carbons (Fsp3) is 0.429. The van der Waals surface area contributed by atoms with Crippen molar-refractivity contribution < 1.29 is 14.2 Å². The van der Waals surface area contributed by atoms with Gasteiger partial charge in [0, 0.05) is 12.0 Å². The first-order chi connectivity index (χ1) is 7.90. The number of benzene rings is 1. The van der Waals surface area contributed by atoms with Gasteiger partial charge in [0.2, 0.25) is 0 Å². The number of hydrogen-bond donors (Lipinski definition) is 1. The second-order valence-corrected chi connectivity index (χ2v) is 5.09. The Labute approximate surface area is 101 Å². The van der Waals surface area contributed by atoms with Crippen LogP contribution >= 0.6 is 0 Å². The third-order valence-corrected chi connectivity index (χ3v) is 2.95. The third-order valence-electron chi connectivity index (χ3n) is 2.95. The van der Waals surface area contributed by atoms with E-state index in [1.54, 1.807) is 19.9 Å². The number of rotatable bonds is 3. The molecule has 1 aliphatic heterocycles. The van der Waals surface area contributed by atoms with Gasteiger partial charge in [0.15, 0.2) is 0 Å². The molecular formula is C14H17FO2. The van der Waals surface area contributed by atoms with Crippen LogP contribution in [0, 0.1) is 5.82 Å². The lowest BCUT2D eigenvalue weighted by molar-refractivity contribution is -0.0146. The smallest absolute Gasteiger partial charge is 0.130 e. The maximum atomic E-state index is 13.7. The number of hydrogen-bond acceptors (Lipinski definition) is 2. The molecule has 0 spiro atoms. The highest BCUT2D eigenvalue weighted by molar-refractivity contribution is 5.52. The minimum atomic E-state index is -0.820. The third kappa shape index (κ3) is 2.56. The molecule has 3 heteroatoms. The van der Waals surface area contributed by atoms with Crippen LogP contribution in [-0.2, 0) is 11.3 Å². The molecule has 1 aromatic carbocycles. The Morgan fingerprint density at radius 1 is 1.59 bits per heavy atom. The summed E-state index contributed by atoms with van der Waals surface area (Å²) in [6.07, 6.45) is 1.74. The van der Waals surface area contributed by atoms with Crippen LogP contribution in [-0.4, -0.2) is 10.7 Å². The van der Waals surface area contributed by atoms with Gasteiger partial charge in [-0.1, -0.05) is 12.7 Å². The van der Waals surface area contributed by atoms with Crippen molar-refractivity contribution in [2.45, 2.75) is 38.6 Å². The Bertz CT molecular complexity index is 446. The van der Waals surface area contributed by atoms with E-state index in [-0.39, 0.29) is 11.9 Å². The largest absolute Gasteiger partial charge is 0.390 e. The molecule has 0 aromatic heterocycles. The summed E-state index contributed by atoms with van der Waals surface area (Å²) in [6.45, 7) is 7.49. The fourth-order valence-corrected chi connectivity index (χ4v) is 2.14. The van der Waals surface area contributed by atoms with Gasteiger partial charge in [0.1, 0.15) is 5.82 Å². The molecular weight excluding hydrogens is 219 g/mol. The zero-order chi connectivity index (χ0) is 12.6. The molecule has 17 heavy (non-hydrogen) atoms. The summed E-state index contributed by atoms with van der Waals surface area (Å²) in [5.41, 5.74) is 1.50. The Morgan fingerprint density at radius 2 is 2.29 bits per heavy atom. The molecule has 0 saturated carbocycles.